The van der Waals surface area contributed by atoms with Crippen molar-refractivity contribution in [2.45, 2.75) is 31.9 Å². The highest BCUT2D eigenvalue weighted by atomic mass is 32.1. The molecule has 2 aromatic heterocycles. The lowest BCUT2D eigenvalue weighted by Crippen LogP contribution is -2.45. The largest absolute Gasteiger partial charge is 0.389 e. The van der Waals surface area contributed by atoms with Crippen LogP contribution in [0.4, 0.5) is 0 Å². The number of rotatable bonds is 2. The van der Waals surface area contributed by atoms with Crippen molar-refractivity contribution in [3.8, 4) is 0 Å². The molecule has 19 heavy (non-hydrogen) atoms. The lowest BCUT2D eigenvalue weighted by atomic mass is 9.95. The van der Waals surface area contributed by atoms with Gasteiger partial charge in [-0.25, -0.2) is 4.98 Å². The Morgan fingerprint density at radius 2 is 2.47 bits per heavy atom. The van der Waals surface area contributed by atoms with Crippen LogP contribution in [0.25, 0.3) is 10.2 Å². The third-order valence-electron chi connectivity index (χ3n) is 3.49. The molecule has 5 nitrogen and oxygen atoms in total. The first kappa shape index (κ1) is 12.8. The minimum absolute atomic E-state index is 0.0706. The Labute approximate surface area is 114 Å². The third kappa shape index (κ3) is 2.70. The van der Waals surface area contributed by atoms with E-state index >= 15 is 0 Å². The number of nitrogens with zero attached hydrogens (tertiary/aromatic N) is 2. The molecule has 3 rings (SSSR count). The highest BCUT2D eigenvalue weighted by molar-refractivity contribution is 7.17. The number of hydrogen-bond donors (Lipinski definition) is 2. The molecule has 6 heteroatoms. The van der Waals surface area contributed by atoms with E-state index in [0.717, 1.165) is 24.9 Å². The van der Waals surface area contributed by atoms with Crippen LogP contribution in [0.2, 0.25) is 0 Å². The van der Waals surface area contributed by atoms with Gasteiger partial charge in [-0.05, 0) is 37.8 Å². The van der Waals surface area contributed by atoms with Crippen LogP contribution in [0.15, 0.2) is 16.2 Å². The molecule has 0 saturated carbocycles. The van der Waals surface area contributed by atoms with Gasteiger partial charge in [-0.15, -0.1) is 11.3 Å². The first-order chi connectivity index (χ1) is 9.03. The molecule has 1 aliphatic heterocycles. The summed E-state index contributed by atoms with van der Waals surface area (Å²) in [5, 5.41) is 12.0. The second-order valence-corrected chi connectivity index (χ2v) is 6.37. The van der Waals surface area contributed by atoms with Crippen molar-refractivity contribution in [3.05, 3.63) is 27.6 Å². The summed E-state index contributed by atoms with van der Waals surface area (Å²) in [4.78, 5) is 21.3. The highest BCUT2D eigenvalue weighted by Crippen LogP contribution is 2.21. The van der Waals surface area contributed by atoms with Gasteiger partial charge in [0.05, 0.1) is 17.7 Å². The fraction of sp³-hybridized carbons (Fsp3) is 0.538. The van der Waals surface area contributed by atoms with Crippen LogP contribution in [-0.2, 0) is 6.54 Å². The Balaban J connectivity index is 1.83. The van der Waals surface area contributed by atoms with E-state index in [1.165, 1.54) is 11.3 Å². The van der Waals surface area contributed by atoms with Crippen LogP contribution in [0.1, 0.15) is 25.6 Å². The van der Waals surface area contributed by atoms with Crippen LogP contribution in [-0.4, -0.2) is 38.7 Å². The molecule has 0 radical (unpaired) electrons. The average Bonchev–Trinajstić information content (AvgIpc) is 2.76. The molecule has 3 heterocycles. The first-order valence-electron chi connectivity index (χ1n) is 6.45. The van der Waals surface area contributed by atoms with Gasteiger partial charge in [-0.2, -0.15) is 0 Å². The number of fused-ring (bicyclic) bond motifs is 1. The summed E-state index contributed by atoms with van der Waals surface area (Å²) < 4.78 is 0.675. The lowest BCUT2D eigenvalue weighted by Gasteiger charge is -2.36. The Kier molecular flexibility index (Phi) is 3.16. The van der Waals surface area contributed by atoms with Gasteiger partial charge < -0.3 is 10.1 Å². The number of piperidine rings is 1. The molecule has 0 bridgehead atoms. The second-order valence-electron chi connectivity index (χ2n) is 5.46. The van der Waals surface area contributed by atoms with E-state index in [-0.39, 0.29) is 5.56 Å². The van der Waals surface area contributed by atoms with Crippen LogP contribution >= 0.6 is 11.3 Å². The maximum Gasteiger partial charge on any atom is 0.268 e. The van der Waals surface area contributed by atoms with Gasteiger partial charge in [0.1, 0.15) is 10.5 Å². The maximum absolute atomic E-state index is 11.9. The van der Waals surface area contributed by atoms with Crippen molar-refractivity contribution in [1.82, 2.24) is 14.9 Å². The van der Waals surface area contributed by atoms with Gasteiger partial charge in [0.2, 0.25) is 0 Å². The molecule has 1 atom stereocenters. The maximum atomic E-state index is 11.9. The van der Waals surface area contributed by atoms with Gasteiger partial charge in [0.25, 0.3) is 5.56 Å². The van der Waals surface area contributed by atoms with Crippen molar-refractivity contribution in [2.75, 3.05) is 13.1 Å². The third-order valence-corrected chi connectivity index (χ3v) is 4.39. The van der Waals surface area contributed by atoms with Crippen molar-refractivity contribution < 1.29 is 5.11 Å². The zero-order chi connectivity index (χ0) is 13.5. The zero-order valence-electron chi connectivity index (χ0n) is 10.8. The van der Waals surface area contributed by atoms with Gasteiger partial charge in [0.15, 0.2) is 0 Å². The fourth-order valence-electron chi connectivity index (χ4n) is 2.67. The van der Waals surface area contributed by atoms with E-state index in [0.29, 0.717) is 23.6 Å². The summed E-state index contributed by atoms with van der Waals surface area (Å²) in [6.07, 6.45) is 1.80. The average molecular weight is 279 g/mol. The number of aromatic nitrogens is 2. The SMILES string of the molecule is CC1(O)CCCN(Cc2nc3ccsc3c(=O)[nH]2)C1. The van der Waals surface area contributed by atoms with Crippen LogP contribution in [0.5, 0.6) is 0 Å². The zero-order valence-corrected chi connectivity index (χ0v) is 11.7. The standard InChI is InChI=1S/C13H17N3O2S/c1-13(18)4-2-5-16(8-13)7-10-14-9-3-6-19-11(9)12(17)15-10/h3,6,18H,2,4-5,7-8H2,1H3,(H,14,15,17). The molecule has 0 aromatic carbocycles. The van der Waals surface area contributed by atoms with E-state index in [9.17, 15) is 9.90 Å². The summed E-state index contributed by atoms with van der Waals surface area (Å²) in [5.41, 5.74) is 0.0525. The van der Waals surface area contributed by atoms with E-state index in [1.54, 1.807) is 0 Å². The monoisotopic (exact) mass is 279 g/mol. The van der Waals surface area contributed by atoms with Crippen molar-refractivity contribution in [2.24, 2.45) is 0 Å². The lowest BCUT2D eigenvalue weighted by molar-refractivity contribution is -0.0188. The topological polar surface area (TPSA) is 69.2 Å². The highest BCUT2D eigenvalue weighted by Gasteiger charge is 2.28. The van der Waals surface area contributed by atoms with E-state index in [2.05, 4.69) is 14.9 Å². The Morgan fingerprint density at radius 3 is 3.26 bits per heavy atom. The molecule has 0 amide bonds. The molecule has 2 aromatic rings. The molecule has 1 unspecified atom stereocenters. The Hall–Kier alpha value is -1.24. The first-order valence-corrected chi connectivity index (χ1v) is 7.33. The summed E-state index contributed by atoms with van der Waals surface area (Å²) in [7, 11) is 0. The predicted molar refractivity (Wildman–Crippen MR) is 75.4 cm³/mol. The normalized spacial score (nSPS) is 24.9. The molecule has 0 aliphatic carbocycles. The number of aromatic amines is 1. The van der Waals surface area contributed by atoms with Gasteiger partial charge in [-0.1, -0.05) is 0 Å². The van der Waals surface area contributed by atoms with Gasteiger partial charge >= 0.3 is 0 Å². The van der Waals surface area contributed by atoms with Crippen molar-refractivity contribution in [3.63, 3.8) is 0 Å². The number of hydrogen-bond acceptors (Lipinski definition) is 5. The molecule has 102 valence electrons. The van der Waals surface area contributed by atoms with Crippen LogP contribution in [0.3, 0.4) is 0 Å². The summed E-state index contributed by atoms with van der Waals surface area (Å²) in [6, 6.07) is 1.87. The quantitative estimate of drug-likeness (QED) is 0.870. The van der Waals surface area contributed by atoms with Gasteiger partial charge in [0, 0.05) is 6.54 Å². The van der Waals surface area contributed by atoms with E-state index < -0.39 is 5.60 Å². The summed E-state index contributed by atoms with van der Waals surface area (Å²) >= 11 is 1.41. The number of β-amino-alcohol motifs (C(OH)–C–C–N with tert-alkyl or cyclic N) is 1. The van der Waals surface area contributed by atoms with Crippen LogP contribution in [0, 0.1) is 0 Å². The fourth-order valence-corrected chi connectivity index (χ4v) is 3.39. The predicted octanol–water partition coefficient (Wildman–Crippen LogP) is 1.33. The van der Waals surface area contributed by atoms with Crippen molar-refractivity contribution >= 4 is 21.6 Å². The molecule has 2 N–H and O–H groups in total. The molecule has 1 aliphatic rings. The minimum Gasteiger partial charge on any atom is -0.389 e. The summed E-state index contributed by atoms with van der Waals surface area (Å²) in [6.45, 7) is 3.99. The molecular weight excluding hydrogens is 262 g/mol. The smallest absolute Gasteiger partial charge is 0.268 e. The van der Waals surface area contributed by atoms with E-state index in [1.807, 2.05) is 18.4 Å². The molecule has 0 spiro atoms. The molecule has 1 fully saturated rings. The molecular formula is C13H17N3O2S. The van der Waals surface area contributed by atoms with Gasteiger partial charge in [-0.3, -0.25) is 9.69 Å². The number of H-pyrrole nitrogens is 1. The minimum atomic E-state index is -0.634. The Bertz CT molecular complexity index is 647. The van der Waals surface area contributed by atoms with Crippen LogP contribution < -0.4 is 5.56 Å². The summed E-state index contributed by atoms with van der Waals surface area (Å²) in [5.74, 6) is 0.675. The molecule has 1 saturated heterocycles. The number of aliphatic hydroxyl groups is 1. The second kappa shape index (κ2) is 4.70. The van der Waals surface area contributed by atoms with Crippen molar-refractivity contribution in [1.29, 1.82) is 0 Å². The van der Waals surface area contributed by atoms with E-state index in [4.69, 9.17) is 0 Å². The Morgan fingerprint density at radius 1 is 1.63 bits per heavy atom. The number of likely N-dealkylation sites (tertiary alicyclic amines) is 1. The number of nitrogens with one attached hydrogen (secondary N) is 1. The number of thiophene rings is 1.